The SMILES string of the molecule is Cc1nccn1-c1cc(CNC(=O)NCC(C)N(C)C)ccn1. The molecular formula is C16H24N6O. The number of hydrogen-bond acceptors (Lipinski definition) is 4. The number of amides is 2. The van der Waals surface area contributed by atoms with E-state index in [0.29, 0.717) is 13.1 Å². The highest BCUT2D eigenvalue weighted by atomic mass is 16.2. The predicted molar refractivity (Wildman–Crippen MR) is 89.5 cm³/mol. The number of carbonyl (C=O) groups excluding carboxylic acids is 1. The summed E-state index contributed by atoms with van der Waals surface area (Å²) in [6, 6.07) is 3.95. The zero-order chi connectivity index (χ0) is 16.8. The number of aromatic nitrogens is 3. The maximum absolute atomic E-state index is 11.8. The molecule has 2 aromatic heterocycles. The van der Waals surface area contributed by atoms with Gasteiger partial charge in [-0.25, -0.2) is 14.8 Å². The number of likely N-dealkylation sites (N-methyl/N-ethyl adjacent to an activating group) is 1. The van der Waals surface area contributed by atoms with Gasteiger partial charge in [0, 0.05) is 37.7 Å². The molecule has 0 fully saturated rings. The van der Waals surface area contributed by atoms with E-state index in [-0.39, 0.29) is 12.1 Å². The first-order valence-corrected chi connectivity index (χ1v) is 7.60. The summed E-state index contributed by atoms with van der Waals surface area (Å²) in [4.78, 5) is 22.4. The van der Waals surface area contributed by atoms with E-state index in [9.17, 15) is 4.79 Å². The highest BCUT2D eigenvalue weighted by molar-refractivity contribution is 5.73. The maximum Gasteiger partial charge on any atom is 0.315 e. The molecule has 2 rings (SSSR count). The van der Waals surface area contributed by atoms with Crippen LogP contribution in [0.4, 0.5) is 4.79 Å². The van der Waals surface area contributed by atoms with Crippen LogP contribution < -0.4 is 10.6 Å². The minimum absolute atomic E-state index is 0.170. The molecule has 2 amide bonds. The molecule has 2 N–H and O–H groups in total. The molecule has 0 aliphatic heterocycles. The molecule has 0 aliphatic rings. The molecule has 7 nitrogen and oxygen atoms in total. The summed E-state index contributed by atoms with van der Waals surface area (Å²) in [5, 5.41) is 5.72. The molecule has 124 valence electrons. The average Bonchev–Trinajstić information content (AvgIpc) is 2.96. The lowest BCUT2D eigenvalue weighted by molar-refractivity contribution is 0.234. The van der Waals surface area contributed by atoms with Gasteiger partial charge in [0.25, 0.3) is 0 Å². The zero-order valence-electron chi connectivity index (χ0n) is 14.1. The van der Waals surface area contributed by atoms with Crippen LogP contribution in [-0.4, -0.2) is 52.1 Å². The Labute approximate surface area is 136 Å². The molecule has 2 heterocycles. The molecular weight excluding hydrogens is 292 g/mol. The number of carbonyl (C=O) groups is 1. The maximum atomic E-state index is 11.8. The molecule has 0 spiro atoms. The third-order valence-electron chi connectivity index (χ3n) is 3.78. The van der Waals surface area contributed by atoms with E-state index in [1.165, 1.54) is 0 Å². The van der Waals surface area contributed by atoms with Crippen LogP contribution in [0.1, 0.15) is 18.3 Å². The first kappa shape index (κ1) is 17.0. The summed E-state index contributed by atoms with van der Waals surface area (Å²) < 4.78 is 1.91. The van der Waals surface area contributed by atoms with Gasteiger partial charge in [-0.2, -0.15) is 0 Å². The number of aryl methyl sites for hydroxylation is 1. The van der Waals surface area contributed by atoms with E-state index >= 15 is 0 Å². The van der Waals surface area contributed by atoms with Crippen molar-refractivity contribution in [2.45, 2.75) is 26.4 Å². The minimum atomic E-state index is -0.170. The van der Waals surface area contributed by atoms with Gasteiger partial charge in [0.1, 0.15) is 11.6 Å². The van der Waals surface area contributed by atoms with Crippen LogP contribution in [0, 0.1) is 6.92 Å². The highest BCUT2D eigenvalue weighted by Crippen LogP contribution is 2.09. The van der Waals surface area contributed by atoms with Crippen LogP contribution in [0.5, 0.6) is 0 Å². The van der Waals surface area contributed by atoms with Crippen molar-refractivity contribution in [1.29, 1.82) is 0 Å². The fraction of sp³-hybridized carbons (Fsp3) is 0.438. The number of hydrogen-bond donors (Lipinski definition) is 2. The van der Waals surface area contributed by atoms with Gasteiger partial charge in [0.2, 0.25) is 0 Å². The zero-order valence-corrected chi connectivity index (χ0v) is 14.1. The summed E-state index contributed by atoms with van der Waals surface area (Å²) in [6.07, 6.45) is 5.34. The minimum Gasteiger partial charge on any atom is -0.337 e. The predicted octanol–water partition coefficient (Wildman–Crippen LogP) is 1.33. The Morgan fingerprint density at radius 3 is 2.74 bits per heavy atom. The molecule has 1 unspecified atom stereocenters. The first-order chi connectivity index (χ1) is 11.0. The van der Waals surface area contributed by atoms with Gasteiger partial charge in [-0.1, -0.05) is 0 Å². The smallest absolute Gasteiger partial charge is 0.315 e. The first-order valence-electron chi connectivity index (χ1n) is 7.60. The van der Waals surface area contributed by atoms with Gasteiger partial charge in [0.05, 0.1) is 0 Å². The van der Waals surface area contributed by atoms with Crippen molar-refractivity contribution in [2.24, 2.45) is 0 Å². The van der Waals surface area contributed by atoms with E-state index in [2.05, 4.69) is 32.4 Å². The van der Waals surface area contributed by atoms with E-state index in [4.69, 9.17) is 0 Å². The fourth-order valence-corrected chi connectivity index (χ4v) is 1.99. The summed E-state index contributed by atoms with van der Waals surface area (Å²) in [6.45, 7) is 5.04. The summed E-state index contributed by atoms with van der Waals surface area (Å²) in [5.74, 6) is 1.67. The van der Waals surface area contributed by atoms with Crippen molar-refractivity contribution in [1.82, 2.24) is 30.1 Å². The van der Waals surface area contributed by atoms with Crippen LogP contribution >= 0.6 is 0 Å². The number of imidazole rings is 1. The van der Waals surface area contributed by atoms with Crippen molar-refractivity contribution in [3.63, 3.8) is 0 Å². The van der Waals surface area contributed by atoms with E-state index in [1.54, 1.807) is 12.4 Å². The van der Waals surface area contributed by atoms with Crippen LogP contribution in [0.2, 0.25) is 0 Å². The Kier molecular flexibility index (Phi) is 5.70. The quantitative estimate of drug-likeness (QED) is 0.843. The lowest BCUT2D eigenvalue weighted by Crippen LogP contribution is -2.42. The largest absolute Gasteiger partial charge is 0.337 e. The Bertz CT molecular complexity index is 652. The normalized spacial score (nSPS) is 12.2. The van der Waals surface area contributed by atoms with E-state index in [1.807, 2.05) is 43.9 Å². The lowest BCUT2D eigenvalue weighted by Gasteiger charge is -2.20. The van der Waals surface area contributed by atoms with Gasteiger partial charge >= 0.3 is 6.03 Å². The van der Waals surface area contributed by atoms with Crippen LogP contribution in [0.25, 0.3) is 5.82 Å². The molecule has 2 aromatic rings. The Balaban J connectivity index is 1.89. The Morgan fingerprint density at radius 2 is 2.09 bits per heavy atom. The number of rotatable bonds is 6. The van der Waals surface area contributed by atoms with Gasteiger partial charge in [-0.3, -0.25) is 4.57 Å². The Morgan fingerprint density at radius 1 is 1.30 bits per heavy atom. The second-order valence-corrected chi connectivity index (χ2v) is 5.74. The summed E-state index contributed by atoms with van der Waals surface area (Å²) >= 11 is 0. The molecule has 1 atom stereocenters. The second kappa shape index (κ2) is 7.73. The number of nitrogens with one attached hydrogen (secondary N) is 2. The van der Waals surface area contributed by atoms with Gasteiger partial charge in [-0.05, 0) is 45.6 Å². The van der Waals surface area contributed by atoms with Crippen molar-refractivity contribution >= 4 is 6.03 Å². The monoisotopic (exact) mass is 316 g/mol. The highest BCUT2D eigenvalue weighted by Gasteiger charge is 2.07. The summed E-state index contributed by atoms with van der Waals surface area (Å²) in [7, 11) is 3.97. The number of pyridine rings is 1. The second-order valence-electron chi connectivity index (χ2n) is 5.74. The van der Waals surface area contributed by atoms with Crippen molar-refractivity contribution < 1.29 is 4.79 Å². The van der Waals surface area contributed by atoms with Crippen LogP contribution in [-0.2, 0) is 6.54 Å². The lowest BCUT2D eigenvalue weighted by atomic mass is 10.2. The van der Waals surface area contributed by atoms with E-state index < -0.39 is 0 Å². The van der Waals surface area contributed by atoms with Gasteiger partial charge < -0.3 is 15.5 Å². The van der Waals surface area contributed by atoms with Crippen LogP contribution in [0.3, 0.4) is 0 Å². The molecule has 0 saturated carbocycles. The summed E-state index contributed by atoms with van der Waals surface area (Å²) in [5.41, 5.74) is 0.985. The standard InChI is InChI=1S/C16H24N6O/c1-12(21(3)4)10-19-16(23)20-11-14-5-6-18-15(9-14)22-8-7-17-13(22)2/h5-9,12H,10-11H2,1-4H3,(H2,19,20,23). The average molecular weight is 316 g/mol. The third kappa shape index (κ3) is 4.79. The topological polar surface area (TPSA) is 75.1 Å². The Hall–Kier alpha value is -2.41. The fourth-order valence-electron chi connectivity index (χ4n) is 1.99. The van der Waals surface area contributed by atoms with Gasteiger partial charge in [-0.15, -0.1) is 0 Å². The molecule has 0 aliphatic carbocycles. The molecule has 0 bridgehead atoms. The van der Waals surface area contributed by atoms with Gasteiger partial charge in [0.15, 0.2) is 0 Å². The van der Waals surface area contributed by atoms with Crippen LogP contribution in [0.15, 0.2) is 30.7 Å². The molecule has 7 heteroatoms. The van der Waals surface area contributed by atoms with Crippen molar-refractivity contribution in [3.05, 3.63) is 42.1 Å². The number of urea groups is 1. The molecule has 0 radical (unpaired) electrons. The van der Waals surface area contributed by atoms with Crippen molar-refractivity contribution in [3.8, 4) is 5.82 Å². The van der Waals surface area contributed by atoms with Crippen molar-refractivity contribution in [2.75, 3.05) is 20.6 Å². The molecule has 23 heavy (non-hydrogen) atoms. The molecule has 0 saturated heterocycles. The van der Waals surface area contributed by atoms with E-state index in [0.717, 1.165) is 17.2 Å². The molecule has 0 aromatic carbocycles. The third-order valence-corrected chi connectivity index (χ3v) is 3.78. The number of nitrogens with zero attached hydrogens (tertiary/aromatic N) is 4.